The van der Waals surface area contributed by atoms with Gasteiger partial charge in [0.15, 0.2) is 0 Å². The minimum atomic E-state index is -0.119. The highest BCUT2D eigenvalue weighted by atomic mass is 19.1. The molecule has 3 nitrogen and oxygen atoms in total. The first kappa shape index (κ1) is 13.5. The van der Waals surface area contributed by atoms with Crippen LogP contribution in [0.25, 0.3) is 0 Å². The number of benzene rings is 1. The molecule has 1 saturated heterocycles. The molecule has 1 aliphatic heterocycles. The van der Waals surface area contributed by atoms with Crippen molar-refractivity contribution >= 4 is 0 Å². The van der Waals surface area contributed by atoms with Gasteiger partial charge in [-0.05, 0) is 24.1 Å². The Morgan fingerprint density at radius 1 is 1.17 bits per heavy atom. The molecule has 1 heterocycles. The number of hydrogen-bond acceptors (Lipinski definition) is 3. The highest BCUT2D eigenvalue weighted by Crippen LogP contribution is 2.12. The molecule has 0 aliphatic carbocycles. The smallest absolute Gasteiger partial charge is 0.126 e. The Hall–Kier alpha value is -0.970. The molecule has 0 amide bonds. The highest BCUT2D eigenvalue weighted by molar-refractivity contribution is 5.23. The van der Waals surface area contributed by atoms with Crippen molar-refractivity contribution in [3.8, 4) is 0 Å². The van der Waals surface area contributed by atoms with Crippen LogP contribution < -0.4 is 5.73 Å². The number of piperazine rings is 1. The van der Waals surface area contributed by atoms with Crippen LogP contribution in [0.15, 0.2) is 18.2 Å². The van der Waals surface area contributed by atoms with Crippen LogP contribution in [-0.4, -0.2) is 49.1 Å². The first-order valence-corrected chi connectivity index (χ1v) is 6.59. The van der Waals surface area contributed by atoms with Crippen molar-refractivity contribution in [3.63, 3.8) is 0 Å². The molecule has 0 spiro atoms. The zero-order valence-electron chi connectivity index (χ0n) is 11.0. The Morgan fingerprint density at radius 3 is 2.44 bits per heavy atom. The van der Waals surface area contributed by atoms with Crippen LogP contribution in [0.2, 0.25) is 0 Å². The molecule has 0 aromatic heterocycles. The third-order valence-corrected chi connectivity index (χ3v) is 3.54. The summed E-state index contributed by atoms with van der Waals surface area (Å²) in [6, 6.07) is 5.39. The van der Waals surface area contributed by atoms with Crippen molar-refractivity contribution in [1.29, 1.82) is 0 Å². The van der Waals surface area contributed by atoms with E-state index in [0.29, 0.717) is 0 Å². The second kappa shape index (κ2) is 6.27. The van der Waals surface area contributed by atoms with Crippen LogP contribution in [0.1, 0.15) is 11.1 Å². The normalized spacial score (nSPS) is 18.2. The number of halogens is 1. The first-order valence-electron chi connectivity index (χ1n) is 6.59. The van der Waals surface area contributed by atoms with Gasteiger partial charge in [0.2, 0.25) is 0 Å². The van der Waals surface area contributed by atoms with Gasteiger partial charge in [-0.3, -0.25) is 9.80 Å². The van der Waals surface area contributed by atoms with E-state index in [2.05, 4.69) is 9.80 Å². The van der Waals surface area contributed by atoms with Gasteiger partial charge in [0.05, 0.1) is 0 Å². The largest absolute Gasteiger partial charge is 0.329 e. The third-order valence-electron chi connectivity index (χ3n) is 3.54. The van der Waals surface area contributed by atoms with Crippen molar-refractivity contribution in [2.75, 3.05) is 39.3 Å². The highest BCUT2D eigenvalue weighted by Gasteiger charge is 2.16. The van der Waals surface area contributed by atoms with Gasteiger partial charge in [0, 0.05) is 45.8 Å². The molecule has 4 heteroatoms. The molecular weight excluding hydrogens is 229 g/mol. The Bertz CT molecular complexity index is 387. The lowest BCUT2D eigenvalue weighted by Crippen LogP contribution is -2.47. The van der Waals surface area contributed by atoms with E-state index in [1.165, 1.54) is 5.56 Å². The molecular formula is C14H22FN3. The summed E-state index contributed by atoms with van der Waals surface area (Å²) in [6.07, 6.45) is 0. The van der Waals surface area contributed by atoms with Gasteiger partial charge in [-0.25, -0.2) is 4.39 Å². The first-order chi connectivity index (χ1) is 8.69. The zero-order valence-corrected chi connectivity index (χ0v) is 11.0. The molecule has 0 bridgehead atoms. The van der Waals surface area contributed by atoms with Crippen molar-refractivity contribution in [2.45, 2.75) is 13.5 Å². The van der Waals surface area contributed by atoms with Crippen molar-refractivity contribution in [1.82, 2.24) is 9.80 Å². The van der Waals surface area contributed by atoms with E-state index < -0.39 is 0 Å². The summed E-state index contributed by atoms with van der Waals surface area (Å²) < 4.78 is 13.2. The van der Waals surface area contributed by atoms with Gasteiger partial charge in [-0.2, -0.15) is 0 Å². The number of rotatable bonds is 4. The summed E-state index contributed by atoms with van der Waals surface area (Å²) in [6.45, 7) is 8.75. The topological polar surface area (TPSA) is 32.5 Å². The Morgan fingerprint density at radius 2 is 1.83 bits per heavy atom. The SMILES string of the molecule is Cc1cc(CN2CCN(CCN)CC2)ccc1F. The van der Waals surface area contributed by atoms with E-state index in [-0.39, 0.29) is 5.82 Å². The summed E-state index contributed by atoms with van der Waals surface area (Å²) in [7, 11) is 0. The van der Waals surface area contributed by atoms with Crippen LogP contribution in [0.4, 0.5) is 4.39 Å². The van der Waals surface area contributed by atoms with Gasteiger partial charge in [0.25, 0.3) is 0 Å². The minimum Gasteiger partial charge on any atom is -0.329 e. The van der Waals surface area contributed by atoms with Crippen LogP contribution in [0.5, 0.6) is 0 Å². The zero-order chi connectivity index (χ0) is 13.0. The molecule has 0 atom stereocenters. The molecule has 1 aromatic carbocycles. The lowest BCUT2D eigenvalue weighted by atomic mass is 10.1. The van der Waals surface area contributed by atoms with Crippen LogP contribution in [-0.2, 0) is 6.54 Å². The predicted octanol–water partition coefficient (Wildman–Crippen LogP) is 1.21. The van der Waals surface area contributed by atoms with Crippen LogP contribution in [0, 0.1) is 12.7 Å². The quantitative estimate of drug-likeness (QED) is 0.873. The average molecular weight is 251 g/mol. The molecule has 1 aromatic rings. The summed E-state index contributed by atoms with van der Waals surface area (Å²) in [5.41, 5.74) is 7.48. The van der Waals surface area contributed by atoms with E-state index in [4.69, 9.17) is 5.73 Å². The van der Waals surface area contributed by atoms with Gasteiger partial charge in [0.1, 0.15) is 5.82 Å². The fourth-order valence-corrected chi connectivity index (χ4v) is 2.42. The van der Waals surface area contributed by atoms with Crippen LogP contribution >= 0.6 is 0 Å². The van der Waals surface area contributed by atoms with Gasteiger partial charge >= 0.3 is 0 Å². The molecule has 100 valence electrons. The maximum atomic E-state index is 13.2. The number of nitrogens with two attached hydrogens (primary N) is 1. The molecule has 0 saturated carbocycles. The number of nitrogens with zero attached hydrogens (tertiary/aromatic N) is 2. The monoisotopic (exact) mass is 251 g/mol. The molecule has 0 unspecified atom stereocenters. The van der Waals surface area contributed by atoms with E-state index in [1.54, 1.807) is 6.07 Å². The summed E-state index contributed by atoms with van der Waals surface area (Å²) in [5, 5.41) is 0. The second-order valence-electron chi connectivity index (χ2n) is 4.99. The standard InChI is InChI=1S/C14H22FN3/c1-12-10-13(2-3-14(12)15)11-18-8-6-17(5-4-16)7-9-18/h2-3,10H,4-9,11,16H2,1H3. The number of aryl methyl sites for hydroxylation is 1. The maximum Gasteiger partial charge on any atom is 0.126 e. The second-order valence-corrected chi connectivity index (χ2v) is 4.99. The average Bonchev–Trinajstić information content (AvgIpc) is 2.37. The Balaban J connectivity index is 1.85. The maximum absolute atomic E-state index is 13.2. The number of hydrogen-bond donors (Lipinski definition) is 1. The fourth-order valence-electron chi connectivity index (χ4n) is 2.42. The van der Waals surface area contributed by atoms with E-state index in [9.17, 15) is 4.39 Å². The van der Waals surface area contributed by atoms with Crippen molar-refractivity contribution in [3.05, 3.63) is 35.1 Å². The third kappa shape index (κ3) is 3.51. The van der Waals surface area contributed by atoms with Gasteiger partial charge < -0.3 is 5.73 Å². The minimum absolute atomic E-state index is 0.119. The Kier molecular flexibility index (Phi) is 4.69. The summed E-state index contributed by atoms with van der Waals surface area (Å²) in [4.78, 5) is 4.81. The summed E-state index contributed by atoms with van der Waals surface area (Å²) >= 11 is 0. The van der Waals surface area contributed by atoms with Crippen LogP contribution in [0.3, 0.4) is 0 Å². The lowest BCUT2D eigenvalue weighted by molar-refractivity contribution is 0.130. The molecule has 18 heavy (non-hydrogen) atoms. The molecule has 2 N–H and O–H groups in total. The van der Waals surface area contributed by atoms with Gasteiger partial charge in [-0.15, -0.1) is 0 Å². The van der Waals surface area contributed by atoms with E-state index >= 15 is 0 Å². The van der Waals surface area contributed by atoms with E-state index in [0.717, 1.165) is 51.4 Å². The van der Waals surface area contributed by atoms with Crippen molar-refractivity contribution in [2.24, 2.45) is 5.73 Å². The molecule has 1 fully saturated rings. The molecule has 2 rings (SSSR count). The lowest BCUT2D eigenvalue weighted by Gasteiger charge is -2.34. The van der Waals surface area contributed by atoms with E-state index in [1.807, 2.05) is 19.1 Å². The van der Waals surface area contributed by atoms with Gasteiger partial charge in [-0.1, -0.05) is 12.1 Å². The molecule has 1 aliphatic rings. The Labute approximate surface area is 108 Å². The van der Waals surface area contributed by atoms with Crippen molar-refractivity contribution < 1.29 is 4.39 Å². The molecule has 0 radical (unpaired) electrons. The predicted molar refractivity (Wildman–Crippen MR) is 71.9 cm³/mol. The fraction of sp³-hybridized carbons (Fsp3) is 0.571. The summed E-state index contributed by atoms with van der Waals surface area (Å²) in [5.74, 6) is -0.119.